The van der Waals surface area contributed by atoms with E-state index in [-0.39, 0.29) is 23.7 Å². The zero-order valence-corrected chi connectivity index (χ0v) is 16.5. The number of carbonyl (C=O) groups excluding carboxylic acids is 2. The van der Waals surface area contributed by atoms with Crippen LogP contribution in [-0.4, -0.2) is 47.8 Å². The maximum Gasteiger partial charge on any atom is 0.254 e. The molecule has 148 valence electrons. The van der Waals surface area contributed by atoms with Crippen molar-refractivity contribution in [3.63, 3.8) is 0 Å². The van der Waals surface area contributed by atoms with Crippen molar-refractivity contribution in [1.82, 2.24) is 9.80 Å². The van der Waals surface area contributed by atoms with Gasteiger partial charge in [0.1, 0.15) is 5.82 Å². The Labute approximate surface area is 166 Å². The standard InChI is InChI=1S/C23H27FN2O2/c1-3-17(2)21(18-8-5-4-6-9-18)23(28)26-14-12-25(13-15-26)22(27)19-10-7-11-20(24)16-19/h4-11,16-17,21H,3,12-15H2,1-2H3. The van der Waals surface area contributed by atoms with Crippen LogP contribution in [0.25, 0.3) is 0 Å². The Bertz CT molecular complexity index is 816. The van der Waals surface area contributed by atoms with Gasteiger partial charge in [-0.2, -0.15) is 0 Å². The lowest BCUT2D eigenvalue weighted by Gasteiger charge is -2.37. The van der Waals surface area contributed by atoms with Crippen LogP contribution in [0.1, 0.15) is 42.1 Å². The average Bonchev–Trinajstić information content (AvgIpc) is 2.74. The SMILES string of the molecule is CCC(C)C(C(=O)N1CCN(C(=O)c2cccc(F)c2)CC1)c1ccccc1. The molecule has 0 saturated carbocycles. The van der Waals surface area contributed by atoms with Crippen LogP contribution in [0.2, 0.25) is 0 Å². The molecule has 0 bridgehead atoms. The predicted octanol–water partition coefficient (Wildman–Crippen LogP) is 3.94. The van der Waals surface area contributed by atoms with Crippen molar-refractivity contribution in [2.75, 3.05) is 26.2 Å². The smallest absolute Gasteiger partial charge is 0.254 e. The van der Waals surface area contributed by atoms with Gasteiger partial charge in [0.15, 0.2) is 0 Å². The number of rotatable bonds is 5. The molecule has 1 aliphatic heterocycles. The normalized spacial score (nSPS) is 16.5. The topological polar surface area (TPSA) is 40.6 Å². The molecule has 0 radical (unpaired) electrons. The van der Waals surface area contributed by atoms with Gasteiger partial charge in [-0.15, -0.1) is 0 Å². The Hall–Kier alpha value is -2.69. The first-order valence-electron chi connectivity index (χ1n) is 9.89. The van der Waals surface area contributed by atoms with Crippen molar-refractivity contribution in [3.8, 4) is 0 Å². The van der Waals surface area contributed by atoms with Crippen molar-refractivity contribution < 1.29 is 14.0 Å². The van der Waals surface area contributed by atoms with Crippen LogP contribution in [0, 0.1) is 11.7 Å². The van der Waals surface area contributed by atoms with E-state index in [0.29, 0.717) is 31.7 Å². The first kappa shape index (κ1) is 20.1. The van der Waals surface area contributed by atoms with Gasteiger partial charge >= 0.3 is 0 Å². The fraction of sp³-hybridized carbons (Fsp3) is 0.391. The minimum atomic E-state index is -0.418. The highest BCUT2D eigenvalue weighted by atomic mass is 19.1. The molecule has 0 aromatic heterocycles. The Kier molecular flexibility index (Phi) is 6.45. The molecule has 1 heterocycles. The Morgan fingerprint density at radius 3 is 2.21 bits per heavy atom. The summed E-state index contributed by atoms with van der Waals surface area (Å²) in [6.45, 7) is 6.13. The van der Waals surface area contributed by atoms with Crippen LogP contribution in [0.5, 0.6) is 0 Å². The van der Waals surface area contributed by atoms with E-state index in [1.54, 1.807) is 17.0 Å². The van der Waals surface area contributed by atoms with Crippen LogP contribution in [0.4, 0.5) is 4.39 Å². The second kappa shape index (κ2) is 9.00. The predicted molar refractivity (Wildman–Crippen MR) is 108 cm³/mol. The maximum atomic E-state index is 13.4. The molecule has 2 atom stereocenters. The fourth-order valence-corrected chi connectivity index (χ4v) is 3.74. The molecule has 2 aromatic carbocycles. The van der Waals surface area contributed by atoms with E-state index in [1.165, 1.54) is 12.1 Å². The second-order valence-electron chi connectivity index (χ2n) is 7.40. The van der Waals surface area contributed by atoms with E-state index in [4.69, 9.17) is 0 Å². The van der Waals surface area contributed by atoms with Crippen molar-refractivity contribution in [1.29, 1.82) is 0 Å². The highest BCUT2D eigenvalue weighted by Crippen LogP contribution is 2.29. The highest BCUT2D eigenvalue weighted by Gasteiger charge is 2.32. The minimum absolute atomic E-state index is 0.124. The number of hydrogen-bond acceptors (Lipinski definition) is 2. The summed E-state index contributed by atoms with van der Waals surface area (Å²) in [6, 6.07) is 15.7. The summed E-state index contributed by atoms with van der Waals surface area (Å²) in [6.07, 6.45) is 0.920. The highest BCUT2D eigenvalue weighted by molar-refractivity contribution is 5.94. The van der Waals surface area contributed by atoms with Gasteiger partial charge < -0.3 is 9.80 Å². The second-order valence-corrected chi connectivity index (χ2v) is 7.40. The molecule has 4 nitrogen and oxygen atoms in total. The van der Waals surface area contributed by atoms with Gasteiger partial charge in [-0.05, 0) is 29.7 Å². The fourth-order valence-electron chi connectivity index (χ4n) is 3.74. The zero-order valence-electron chi connectivity index (χ0n) is 16.5. The molecule has 0 aliphatic carbocycles. The van der Waals surface area contributed by atoms with Crippen LogP contribution in [0.15, 0.2) is 54.6 Å². The number of carbonyl (C=O) groups is 2. The van der Waals surface area contributed by atoms with Gasteiger partial charge in [-0.1, -0.05) is 56.7 Å². The maximum absolute atomic E-state index is 13.4. The molecule has 3 rings (SSSR count). The molecule has 0 N–H and O–H groups in total. The lowest BCUT2D eigenvalue weighted by atomic mass is 9.84. The van der Waals surface area contributed by atoms with Gasteiger partial charge in [-0.25, -0.2) is 4.39 Å². The van der Waals surface area contributed by atoms with E-state index >= 15 is 0 Å². The number of hydrogen-bond donors (Lipinski definition) is 0. The van der Waals surface area contributed by atoms with Gasteiger partial charge in [0.05, 0.1) is 5.92 Å². The number of benzene rings is 2. The summed E-state index contributed by atoms with van der Waals surface area (Å²) in [7, 11) is 0. The summed E-state index contributed by atoms with van der Waals surface area (Å²) >= 11 is 0. The lowest BCUT2D eigenvalue weighted by Crippen LogP contribution is -2.52. The Morgan fingerprint density at radius 2 is 1.61 bits per heavy atom. The van der Waals surface area contributed by atoms with E-state index < -0.39 is 5.82 Å². The van der Waals surface area contributed by atoms with Crippen molar-refractivity contribution >= 4 is 11.8 Å². The van der Waals surface area contributed by atoms with Crippen molar-refractivity contribution in [2.45, 2.75) is 26.2 Å². The van der Waals surface area contributed by atoms with Gasteiger partial charge in [0.2, 0.25) is 5.91 Å². The van der Waals surface area contributed by atoms with Gasteiger partial charge in [-0.3, -0.25) is 9.59 Å². The van der Waals surface area contributed by atoms with Crippen LogP contribution >= 0.6 is 0 Å². The van der Waals surface area contributed by atoms with Gasteiger partial charge in [0.25, 0.3) is 5.91 Å². The van der Waals surface area contributed by atoms with E-state index in [2.05, 4.69) is 13.8 Å². The first-order valence-corrected chi connectivity index (χ1v) is 9.89. The molecule has 2 amide bonds. The van der Waals surface area contributed by atoms with E-state index in [1.807, 2.05) is 35.2 Å². The number of halogens is 1. The number of amides is 2. The minimum Gasteiger partial charge on any atom is -0.339 e. The third-order valence-electron chi connectivity index (χ3n) is 5.59. The molecule has 1 fully saturated rings. The monoisotopic (exact) mass is 382 g/mol. The third kappa shape index (κ3) is 4.41. The number of piperazine rings is 1. The van der Waals surface area contributed by atoms with E-state index in [0.717, 1.165) is 12.0 Å². The number of nitrogens with zero attached hydrogens (tertiary/aromatic N) is 2. The molecule has 2 unspecified atom stereocenters. The molecule has 1 saturated heterocycles. The first-order chi connectivity index (χ1) is 13.5. The Balaban J connectivity index is 1.67. The molecule has 28 heavy (non-hydrogen) atoms. The van der Waals surface area contributed by atoms with Crippen LogP contribution in [-0.2, 0) is 4.79 Å². The van der Waals surface area contributed by atoms with Gasteiger partial charge in [0, 0.05) is 31.7 Å². The quantitative estimate of drug-likeness (QED) is 0.786. The lowest BCUT2D eigenvalue weighted by molar-refractivity contribution is -0.135. The average molecular weight is 382 g/mol. The Morgan fingerprint density at radius 1 is 0.964 bits per heavy atom. The molecular formula is C23H27FN2O2. The van der Waals surface area contributed by atoms with E-state index in [9.17, 15) is 14.0 Å². The molecular weight excluding hydrogens is 355 g/mol. The summed E-state index contributed by atoms with van der Waals surface area (Å²) < 4.78 is 13.4. The third-order valence-corrected chi connectivity index (χ3v) is 5.59. The summed E-state index contributed by atoms with van der Waals surface area (Å²) in [5, 5.41) is 0. The summed E-state index contributed by atoms with van der Waals surface area (Å²) in [5.74, 6) is -0.413. The molecule has 2 aromatic rings. The van der Waals surface area contributed by atoms with Crippen LogP contribution < -0.4 is 0 Å². The summed E-state index contributed by atoms with van der Waals surface area (Å²) in [5.41, 5.74) is 1.39. The molecule has 0 spiro atoms. The summed E-state index contributed by atoms with van der Waals surface area (Å²) in [4.78, 5) is 29.4. The van der Waals surface area contributed by atoms with Crippen molar-refractivity contribution in [2.24, 2.45) is 5.92 Å². The van der Waals surface area contributed by atoms with Crippen LogP contribution in [0.3, 0.4) is 0 Å². The van der Waals surface area contributed by atoms with Crippen molar-refractivity contribution in [3.05, 3.63) is 71.5 Å². The largest absolute Gasteiger partial charge is 0.339 e. The molecule has 1 aliphatic rings. The molecule has 5 heteroatoms. The zero-order chi connectivity index (χ0) is 20.1.